The summed E-state index contributed by atoms with van der Waals surface area (Å²) in [5.74, 6) is -0.519. The lowest BCUT2D eigenvalue weighted by atomic mass is 9.93. The van der Waals surface area contributed by atoms with Crippen molar-refractivity contribution in [2.24, 2.45) is 5.92 Å². The third-order valence-corrected chi connectivity index (χ3v) is 4.04. The Kier molecular flexibility index (Phi) is 7.38. The normalized spacial score (nSPS) is 15.1. The second kappa shape index (κ2) is 8.79. The van der Waals surface area contributed by atoms with Gasteiger partial charge in [-0.1, -0.05) is 0 Å². The van der Waals surface area contributed by atoms with Gasteiger partial charge in [0, 0.05) is 24.7 Å². The summed E-state index contributed by atoms with van der Waals surface area (Å²) in [6.45, 7) is 2.17. The van der Waals surface area contributed by atoms with E-state index in [4.69, 9.17) is 0 Å². The van der Waals surface area contributed by atoms with E-state index in [0.717, 1.165) is 44.0 Å². The Balaban J connectivity index is 0.00000264. The first kappa shape index (κ1) is 19.3. The molecule has 1 aliphatic heterocycles. The van der Waals surface area contributed by atoms with Crippen LogP contribution in [-0.2, 0) is 0 Å². The molecule has 1 heterocycles. The van der Waals surface area contributed by atoms with E-state index in [-0.39, 0.29) is 23.9 Å². The van der Waals surface area contributed by atoms with Crippen LogP contribution in [0.5, 0.6) is 0 Å². The topological polar surface area (TPSA) is 75.5 Å². The van der Waals surface area contributed by atoms with Crippen LogP contribution in [0.2, 0.25) is 0 Å². The molecular weight excluding hydrogens is 325 g/mol. The molecule has 1 saturated heterocycles. The van der Waals surface area contributed by atoms with Crippen molar-refractivity contribution in [3.05, 3.63) is 39.7 Å². The molecule has 1 aromatic carbocycles. The average molecular weight is 346 g/mol. The van der Waals surface area contributed by atoms with Gasteiger partial charge in [0.05, 0.1) is 11.0 Å². The lowest BCUT2D eigenvalue weighted by Gasteiger charge is -2.32. The van der Waals surface area contributed by atoms with E-state index < -0.39 is 16.4 Å². The van der Waals surface area contributed by atoms with Crippen molar-refractivity contribution in [1.82, 2.24) is 10.2 Å². The highest BCUT2D eigenvalue weighted by Gasteiger charge is 2.25. The van der Waals surface area contributed by atoms with Gasteiger partial charge in [-0.05, 0) is 44.8 Å². The Labute approximate surface area is 140 Å². The highest BCUT2D eigenvalue weighted by atomic mass is 35.5. The Morgan fingerprint density at radius 3 is 2.61 bits per heavy atom. The van der Waals surface area contributed by atoms with Crippen LogP contribution in [0.3, 0.4) is 0 Å². The molecule has 0 spiro atoms. The minimum absolute atomic E-state index is 0. The number of nitro benzene ring substituents is 1. The number of amides is 1. The van der Waals surface area contributed by atoms with Crippen molar-refractivity contribution in [2.45, 2.75) is 19.3 Å². The first-order valence-corrected chi connectivity index (χ1v) is 7.40. The Hall–Kier alpha value is -1.73. The molecule has 1 aliphatic rings. The first-order chi connectivity index (χ1) is 10.5. The maximum absolute atomic E-state index is 13.4. The molecule has 1 amide bonds. The van der Waals surface area contributed by atoms with E-state index in [1.807, 2.05) is 7.05 Å². The Bertz CT molecular complexity index is 563. The number of nitro groups is 1. The summed E-state index contributed by atoms with van der Waals surface area (Å²) in [4.78, 5) is 24.1. The Morgan fingerprint density at radius 2 is 2.04 bits per heavy atom. The van der Waals surface area contributed by atoms with E-state index in [1.54, 1.807) is 4.90 Å². The standard InChI is InChI=1S/C15H20FN3O3.ClH/c1-17-5-2-11-3-6-18(7-4-11)15(20)12-8-13(16)10-14(9-12)19(21)22;/h8-11,17H,2-7H2,1H3;1H. The third-order valence-electron chi connectivity index (χ3n) is 4.04. The maximum Gasteiger partial charge on any atom is 0.273 e. The van der Waals surface area contributed by atoms with Crippen LogP contribution in [0.25, 0.3) is 0 Å². The Morgan fingerprint density at radius 1 is 1.39 bits per heavy atom. The van der Waals surface area contributed by atoms with Crippen LogP contribution in [0.15, 0.2) is 18.2 Å². The van der Waals surface area contributed by atoms with E-state index in [0.29, 0.717) is 19.0 Å². The van der Waals surface area contributed by atoms with Gasteiger partial charge in [0.2, 0.25) is 0 Å². The van der Waals surface area contributed by atoms with Crippen LogP contribution in [0.1, 0.15) is 29.6 Å². The van der Waals surface area contributed by atoms with Crippen molar-refractivity contribution >= 4 is 24.0 Å². The fourth-order valence-corrected chi connectivity index (χ4v) is 2.76. The minimum Gasteiger partial charge on any atom is -0.339 e. The zero-order valence-corrected chi connectivity index (χ0v) is 13.8. The zero-order valence-electron chi connectivity index (χ0n) is 13.0. The molecule has 0 atom stereocenters. The summed E-state index contributed by atoms with van der Waals surface area (Å²) in [5, 5.41) is 13.9. The van der Waals surface area contributed by atoms with Crippen molar-refractivity contribution < 1.29 is 14.1 Å². The number of hydrogen-bond donors (Lipinski definition) is 1. The average Bonchev–Trinajstić information content (AvgIpc) is 2.52. The number of carbonyl (C=O) groups excluding carboxylic acids is 1. The van der Waals surface area contributed by atoms with Gasteiger partial charge in [0.1, 0.15) is 5.82 Å². The molecule has 0 radical (unpaired) electrons. The molecule has 0 aliphatic carbocycles. The van der Waals surface area contributed by atoms with Gasteiger partial charge in [0.15, 0.2) is 0 Å². The van der Waals surface area contributed by atoms with Gasteiger partial charge >= 0.3 is 0 Å². The van der Waals surface area contributed by atoms with Crippen LogP contribution in [-0.4, -0.2) is 42.4 Å². The van der Waals surface area contributed by atoms with Crippen molar-refractivity contribution in [1.29, 1.82) is 0 Å². The van der Waals surface area contributed by atoms with Crippen molar-refractivity contribution in [2.75, 3.05) is 26.7 Å². The fourth-order valence-electron chi connectivity index (χ4n) is 2.76. The summed E-state index contributed by atoms with van der Waals surface area (Å²) in [6.07, 6.45) is 2.89. The van der Waals surface area contributed by atoms with Gasteiger partial charge in [-0.3, -0.25) is 14.9 Å². The second-order valence-corrected chi connectivity index (χ2v) is 5.58. The highest BCUT2D eigenvalue weighted by Crippen LogP contribution is 2.23. The van der Waals surface area contributed by atoms with Gasteiger partial charge in [0.25, 0.3) is 11.6 Å². The number of carbonyl (C=O) groups is 1. The lowest BCUT2D eigenvalue weighted by Crippen LogP contribution is -2.39. The summed E-state index contributed by atoms with van der Waals surface area (Å²) in [6, 6.07) is 3.02. The van der Waals surface area contributed by atoms with E-state index in [9.17, 15) is 19.3 Å². The fraction of sp³-hybridized carbons (Fsp3) is 0.533. The van der Waals surface area contributed by atoms with Crippen LogP contribution >= 0.6 is 12.4 Å². The van der Waals surface area contributed by atoms with Gasteiger partial charge in [-0.25, -0.2) is 4.39 Å². The van der Waals surface area contributed by atoms with Gasteiger partial charge in [-0.2, -0.15) is 0 Å². The van der Waals surface area contributed by atoms with Crippen molar-refractivity contribution in [3.8, 4) is 0 Å². The van der Waals surface area contributed by atoms with Gasteiger partial charge < -0.3 is 10.2 Å². The molecule has 23 heavy (non-hydrogen) atoms. The predicted octanol–water partition coefficient (Wildman–Crippen LogP) is 2.62. The molecule has 0 bridgehead atoms. The smallest absolute Gasteiger partial charge is 0.273 e. The zero-order chi connectivity index (χ0) is 16.1. The SMILES string of the molecule is CNCCC1CCN(C(=O)c2cc(F)cc([N+](=O)[O-])c2)CC1.Cl. The number of hydrogen-bond acceptors (Lipinski definition) is 4. The number of nitrogens with one attached hydrogen (secondary N) is 1. The number of non-ortho nitro benzene ring substituents is 1. The van der Waals surface area contributed by atoms with Crippen LogP contribution in [0.4, 0.5) is 10.1 Å². The second-order valence-electron chi connectivity index (χ2n) is 5.58. The minimum atomic E-state index is -0.763. The molecule has 1 aromatic rings. The number of likely N-dealkylation sites (tertiary alicyclic amines) is 1. The predicted molar refractivity (Wildman–Crippen MR) is 87.5 cm³/mol. The van der Waals surface area contributed by atoms with Gasteiger partial charge in [-0.15, -0.1) is 12.4 Å². The molecule has 0 aromatic heterocycles. The molecule has 128 valence electrons. The molecule has 8 heteroatoms. The highest BCUT2D eigenvalue weighted by molar-refractivity contribution is 5.95. The third kappa shape index (κ3) is 5.14. The lowest BCUT2D eigenvalue weighted by molar-refractivity contribution is -0.385. The van der Waals surface area contributed by atoms with Crippen molar-refractivity contribution in [3.63, 3.8) is 0 Å². The monoisotopic (exact) mass is 345 g/mol. The van der Waals surface area contributed by atoms with Crippen LogP contribution in [0, 0.1) is 21.8 Å². The molecule has 0 unspecified atom stereocenters. The molecule has 1 N–H and O–H groups in total. The van der Waals surface area contributed by atoms with E-state index in [1.165, 1.54) is 0 Å². The summed E-state index contributed by atoms with van der Waals surface area (Å²) in [7, 11) is 1.91. The molecule has 6 nitrogen and oxygen atoms in total. The molecular formula is C15H21ClFN3O3. The largest absolute Gasteiger partial charge is 0.339 e. The first-order valence-electron chi connectivity index (χ1n) is 7.40. The summed E-state index contributed by atoms with van der Waals surface area (Å²) >= 11 is 0. The number of nitrogens with zero attached hydrogens (tertiary/aromatic N) is 2. The molecule has 0 saturated carbocycles. The number of benzene rings is 1. The number of piperidine rings is 1. The van der Waals surface area contributed by atoms with E-state index in [2.05, 4.69) is 5.32 Å². The summed E-state index contributed by atoms with van der Waals surface area (Å²) in [5.41, 5.74) is -0.354. The summed E-state index contributed by atoms with van der Waals surface area (Å²) < 4.78 is 13.4. The molecule has 1 fully saturated rings. The van der Waals surface area contributed by atoms with Crippen LogP contribution < -0.4 is 5.32 Å². The molecule has 2 rings (SSSR count). The quantitative estimate of drug-likeness (QED) is 0.657. The number of rotatable bonds is 5. The van der Waals surface area contributed by atoms with E-state index >= 15 is 0 Å². The maximum atomic E-state index is 13.4. The number of halogens is 2.